The molecule has 0 amide bonds. The minimum absolute atomic E-state index is 0.0692. The molecule has 0 spiro atoms. The Morgan fingerprint density at radius 1 is 1.47 bits per heavy atom. The van der Waals surface area contributed by atoms with Gasteiger partial charge in [-0.15, -0.1) is 0 Å². The fourth-order valence-corrected chi connectivity index (χ4v) is 2.53. The van der Waals surface area contributed by atoms with E-state index in [-0.39, 0.29) is 6.04 Å². The molecule has 0 radical (unpaired) electrons. The van der Waals surface area contributed by atoms with Crippen molar-refractivity contribution < 1.29 is 13.2 Å². The maximum atomic E-state index is 12.7. The maximum Gasteiger partial charge on any atom is 0.416 e. The van der Waals surface area contributed by atoms with E-state index in [9.17, 15) is 13.2 Å². The summed E-state index contributed by atoms with van der Waals surface area (Å²) < 4.78 is 38.1. The second-order valence-corrected chi connectivity index (χ2v) is 5.11. The minimum atomic E-state index is -4.33. The Labute approximate surface area is 110 Å². The van der Waals surface area contributed by atoms with Crippen LogP contribution in [-0.4, -0.2) is 24.1 Å². The normalized spacial score (nSPS) is 24.6. The van der Waals surface area contributed by atoms with E-state index in [1.54, 1.807) is 0 Å². The van der Waals surface area contributed by atoms with Crippen LogP contribution < -0.4 is 10.6 Å². The van der Waals surface area contributed by atoms with Crippen molar-refractivity contribution in [3.8, 4) is 0 Å². The van der Waals surface area contributed by atoms with E-state index >= 15 is 0 Å². The van der Waals surface area contributed by atoms with Gasteiger partial charge >= 0.3 is 6.18 Å². The highest BCUT2D eigenvalue weighted by molar-refractivity contribution is 5.43. The number of hydrogen-bond acceptors (Lipinski definition) is 3. The fraction of sp³-hybridized carbons (Fsp3) is 0.615. The molecule has 1 saturated heterocycles. The van der Waals surface area contributed by atoms with Gasteiger partial charge in [-0.2, -0.15) is 13.2 Å². The van der Waals surface area contributed by atoms with E-state index in [4.69, 9.17) is 5.73 Å². The van der Waals surface area contributed by atoms with Crippen molar-refractivity contribution in [2.45, 2.75) is 32.0 Å². The van der Waals surface area contributed by atoms with Crippen LogP contribution in [0.15, 0.2) is 18.3 Å². The Kier molecular flexibility index (Phi) is 3.99. The first-order valence-corrected chi connectivity index (χ1v) is 6.41. The molecule has 2 heterocycles. The first kappa shape index (κ1) is 14.1. The quantitative estimate of drug-likeness (QED) is 0.900. The third-order valence-corrected chi connectivity index (χ3v) is 3.62. The summed E-state index contributed by atoms with van der Waals surface area (Å²) in [6.07, 6.45) is -1.27. The van der Waals surface area contributed by atoms with Crippen molar-refractivity contribution in [1.82, 2.24) is 4.98 Å². The van der Waals surface area contributed by atoms with Crippen LogP contribution >= 0.6 is 0 Å². The van der Waals surface area contributed by atoms with E-state index in [1.165, 1.54) is 6.20 Å². The molecular weight excluding hydrogens is 255 g/mol. The summed E-state index contributed by atoms with van der Waals surface area (Å²) in [4.78, 5) is 5.97. The topological polar surface area (TPSA) is 42.2 Å². The van der Waals surface area contributed by atoms with Gasteiger partial charge < -0.3 is 10.6 Å². The molecule has 106 valence electrons. The van der Waals surface area contributed by atoms with Crippen molar-refractivity contribution in [3.05, 3.63) is 23.9 Å². The number of halogens is 3. The van der Waals surface area contributed by atoms with Crippen LogP contribution in [0, 0.1) is 5.92 Å². The number of anilines is 1. The Morgan fingerprint density at radius 2 is 2.21 bits per heavy atom. The Morgan fingerprint density at radius 3 is 2.84 bits per heavy atom. The Bertz CT molecular complexity index is 433. The zero-order valence-corrected chi connectivity index (χ0v) is 10.8. The molecule has 3 nitrogen and oxygen atoms in total. The average Bonchev–Trinajstić information content (AvgIpc) is 2.37. The monoisotopic (exact) mass is 273 g/mol. The van der Waals surface area contributed by atoms with E-state index in [1.807, 2.05) is 4.90 Å². The number of piperidine rings is 1. The predicted octanol–water partition coefficient (Wildman–Crippen LogP) is 2.66. The first-order valence-electron chi connectivity index (χ1n) is 6.41. The highest BCUT2D eigenvalue weighted by Crippen LogP contribution is 2.32. The third-order valence-electron chi connectivity index (χ3n) is 3.62. The average molecular weight is 273 g/mol. The first-order chi connectivity index (χ1) is 8.91. The highest BCUT2D eigenvalue weighted by Gasteiger charge is 2.32. The molecule has 1 aromatic heterocycles. The second kappa shape index (κ2) is 5.36. The highest BCUT2D eigenvalue weighted by atomic mass is 19.4. The van der Waals surface area contributed by atoms with Gasteiger partial charge in [0.15, 0.2) is 0 Å². The van der Waals surface area contributed by atoms with E-state index in [0.717, 1.165) is 25.0 Å². The molecule has 1 fully saturated rings. The molecule has 0 bridgehead atoms. The van der Waals surface area contributed by atoms with Crippen LogP contribution in [0.25, 0.3) is 0 Å². The van der Waals surface area contributed by atoms with Gasteiger partial charge in [0, 0.05) is 25.3 Å². The minimum Gasteiger partial charge on any atom is -0.352 e. The molecule has 2 unspecified atom stereocenters. The lowest BCUT2D eigenvalue weighted by atomic mass is 9.92. The van der Waals surface area contributed by atoms with Crippen molar-refractivity contribution in [2.75, 3.05) is 18.0 Å². The molecule has 6 heteroatoms. The number of rotatable bonds is 2. The maximum absolute atomic E-state index is 12.7. The molecule has 0 saturated carbocycles. The van der Waals surface area contributed by atoms with Crippen LogP contribution in [0.3, 0.4) is 0 Å². The number of aromatic nitrogens is 1. The van der Waals surface area contributed by atoms with Crippen molar-refractivity contribution in [2.24, 2.45) is 11.7 Å². The van der Waals surface area contributed by atoms with Gasteiger partial charge in [0.2, 0.25) is 0 Å². The smallest absolute Gasteiger partial charge is 0.352 e. The van der Waals surface area contributed by atoms with E-state index in [0.29, 0.717) is 24.8 Å². The zero-order valence-electron chi connectivity index (χ0n) is 10.8. The molecule has 2 atom stereocenters. The number of pyridine rings is 1. The van der Waals surface area contributed by atoms with Gasteiger partial charge in [0.05, 0.1) is 5.56 Å². The van der Waals surface area contributed by atoms with E-state index < -0.39 is 11.7 Å². The lowest BCUT2D eigenvalue weighted by Crippen LogP contribution is -2.46. The summed E-state index contributed by atoms with van der Waals surface area (Å²) in [6.45, 7) is 3.28. The molecule has 2 N–H and O–H groups in total. The molecule has 1 aliphatic rings. The van der Waals surface area contributed by atoms with Gasteiger partial charge in [0.1, 0.15) is 5.82 Å². The van der Waals surface area contributed by atoms with Crippen LogP contribution in [0.1, 0.15) is 25.3 Å². The van der Waals surface area contributed by atoms with Gasteiger partial charge in [-0.3, -0.25) is 0 Å². The van der Waals surface area contributed by atoms with Crippen molar-refractivity contribution in [1.29, 1.82) is 0 Å². The number of hydrogen-bond donors (Lipinski definition) is 1. The molecular formula is C13H18F3N3. The van der Waals surface area contributed by atoms with Gasteiger partial charge in [0.25, 0.3) is 0 Å². The van der Waals surface area contributed by atoms with Crippen LogP contribution in [0.2, 0.25) is 0 Å². The van der Waals surface area contributed by atoms with Crippen molar-refractivity contribution >= 4 is 5.82 Å². The molecule has 1 aliphatic heterocycles. The second-order valence-electron chi connectivity index (χ2n) is 5.11. The SMILES string of the molecule is CC1CCN(c2cc(C(F)(F)F)ccn2)C(CN)C1. The molecule has 19 heavy (non-hydrogen) atoms. The van der Waals surface area contributed by atoms with Gasteiger partial charge in [-0.25, -0.2) is 4.98 Å². The number of nitrogens with two attached hydrogens (primary N) is 1. The Balaban J connectivity index is 2.25. The van der Waals surface area contributed by atoms with Crippen LogP contribution in [-0.2, 0) is 6.18 Å². The third kappa shape index (κ3) is 3.18. The number of alkyl halides is 3. The lowest BCUT2D eigenvalue weighted by molar-refractivity contribution is -0.137. The van der Waals surface area contributed by atoms with Crippen LogP contribution in [0.4, 0.5) is 19.0 Å². The predicted molar refractivity (Wildman–Crippen MR) is 67.8 cm³/mol. The van der Waals surface area contributed by atoms with Crippen LogP contribution in [0.5, 0.6) is 0 Å². The standard InChI is InChI=1S/C13H18F3N3/c1-9-3-5-19(11(6-9)8-17)12-7-10(2-4-18-12)13(14,15)16/h2,4,7,9,11H,3,5-6,8,17H2,1H3. The molecule has 1 aromatic rings. The van der Waals surface area contributed by atoms with Gasteiger partial charge in [-0.05, 0) is 30.9 Å². The lowest BCUT2D eigenvalue weighted by Gasteiger charge is -2.39. The van der Waals surface area contributed by atoms with Gasteiger partial charge in [-0.1, -0.05) is 6.92 Å². The van der Waals surface area contributed by atoms with Crippen molar-refractivity contribution in [3.63, 3.8) is 0 Å². The summed E-state index contributed by atoms with van der Waals surface area (Å²) in [6, 6.07) is 2.17. The number of nitrogens with zero attached hydrogens (tertiary/aromatic N) is 2. The largest absolute Gasteiger partial charge is 0.416 e. The molecule has 2 rings (SSSR count). The van der Waals surface area contributed by atoms with E-state index in [2.05, 4.69) is 11.9 Å². The Hall–Kier alpha value is -1.30. The summed E-state index contributed by atoms with van der Waals surface area (Å²) in [5.74, 6) is 0.924. The summed E-state index contributed by atoms with van der Waals surface area (Å²) in [5.41, 5.74) is 5.07. The zero-order chi connectivity index (χ0) is 14.0. The fourth-order valence-electron chi connectivity index (χ4n) is 2.53. The molecule has 0 aromatic carbocycles. The summed E-state index contributed by atoms with van der Waals surface area (Å²) in [7, 11) is 0. The summed E-state index contributed by atoms with van der Waals surface area (Å²) >= 11 is 0. The summed E-state index contributed by atoms with van der Waals surface area (Å²) in [5, 5.41) is 0. The molecule has 0 aliphatic carbocycles.